The average molecular weight is 255 g/mol. The van der Waals surface area contributed by atoms with Crippen LogP contribution >= 0.6 is 0 Å². The lowest BCUT2D eigenvalue weighted by atomic mass is 10.0. The molecule has 0 aromatic heterocycles. The second-order valence-corrected chi connectivity index (χ2v) is 5.50. The van der Waals surface area contributed by atoms with Crippen molar-refractivity contribution in [2.45, 2.75) is 52.1 Å². The maximum Gasteiger partial charge on any atom is 0.244 e. The van der Waals surface area contributed by atoms with Gasteiger partial charge in [-0.15, -0.1) is 0 Å². The van der Waals surface area contributed by atoms with E-state index in [4.69, 9.17) is 5.73 Å². The first-order chi connectivity index (χ1) is 8.41. The predicted octanol–water partition coefficient (Wildman–Crippen LogP) is 0.487. The normalized spacial score (nSPS) is 18.8. The lowest BCUT2D eigenvalue weighted by Gasteiger charge is -2.22. The van der Waals surface area contributed by atoms with Crippen molar-refractivity contribution < 1.29 is 9.59 Å². The number of hydrogen-bond donors (Lipinski definition) is 2. The Hall–Kier alpha value is -1.10. The second kappa shape index (κ2) is 6.73. The monoisotopic (exact) mass is 255 g/mol. The van der Waals surface area contributed by atoms with Crippen LogP contribution in [0.5, 0.6) is 0 Å². The fourth-order valence-electron chi connectivity index (χ4n) is 2.21. The number of carbonyl (C=O) groups excluding carboxylic acids is 2. The summed E-state index contributed by atoms with van der Waals surface area (Å²) >= 11 is 0. The SMILES string of the molecule is CC(C)CC(N)C(=O)NC(C)C(=O)N1CCCC1. The van der Waals surface area contributed by atoms with Gasteiger partial charge in [0.15, 0.2) is 0 Å². The summed E-state index contributed by atoms with van der Waals surface area (Å²) in [6.07, 6.45) is 2.75. The molecule has 104 valence electrons. The maximum absolute atomic E-state index is 12.0. The number of nitrogens with two attached hydrogens (primary N) is 1. The lowest BCUT2D eigenvalue weighted by molar-refractivity contribution is -0.135. The maximum atomic E-state index is 12.0. The van der Waals surface area contributed by atoms with E-state index in [0.717, 1.165) is 25.9 Å². The van der Waals surface area contributed by atoms with E-state index in [9.17, 15) is 9.59 Å². The van der Waals surface area contributed by atoms with Crippen LogP contribution in [0, 0.1) is 5.92 Å². The molecule has 1 saturated heterocycles. The van der Waals surface area contributed by atoms with E-state index in [0.29, 0.717) is 12.3 Å². The molecule has 0 aliphatic carbocycles. The van der Waals surface area contributed by atoms with E-state index in [-0.39, 0.29) is 11.8 Å². The van der Waals surface area contributed by atoms with Gasteiger partial charge in [0.05, 0.1) is 6.04 Å². The molecule has 18 heavy (non-hydrogen) atoms. The molecule has 1 aliphatic heterocycles. The average Bonchev–Trinajstić information content (AvgIpc) is 2.80. The molecule has 1 rings (SSSR count). The minimum absolute atomic E-state index is 0.00223. The van der Waals surface area contributed by atoms with Crippen molar-refractivity contribution in [2.24, 2.45) is 11.7 Å². The molecule has 0 aromatic rings. The van der Waals surface area contributed by atoms with Crippen molar-refractivity contribution in [3.63, 3.8) is 0 Å². The first-order valence-electron chi connectivity index (χ1n) is 6.76. The van der Waals surface area contributed by atoms with E-state index in [1.807, 2.05) is 13.8 Å². The van der Waals surface area contributed by atoms with Crippen LogP contribution in [0.25, 0.3) is 0 Å². The Morgan fingerprint density at radius 3 is 2.28 bits per heavy atom. The quantitative estimate of drug-likeness (QED) is 0.750. The molecule has 5 nitrogen and oxygen atoms in total. The molecular formula is C13H25N3O2. The van der Waals surface area contributed by atoms with Gasteiger partial charge in [-0.2, -0.15) is 0 Å². The summed E-state index contributed by atoms with van der Waals surface area (Å²) < 4.78 is 0. The molecule has 1 aliphatic rings. The Bertz CT molecular complexity index is 299. The Kier molecular flexibility index (Phi) is 5.59. The molecule has 5 heteroatoms. The summed E-state index contributed by atoms with van der Waals surface area (Å²) in [5.41, 5.74) is 5.78. The zero-order chi connectivity index (χ0) is 13.7. The number of rotatable bonds is 5. The van der Waals surface area contributed by atoms with Crippen molar-refractivity contribution in [1.29, 1.82) is 0 Å². The Morgan fingerprint density at radius 2 is 1.78 bits per heavy atom. The predicted molar refractivity (Wildman–Crippen MR) is 70.8 cm³/mol. The largest absolute Gasteiger partial charge is 0.343 e. The molecule has 0 bridgehead atoms. The second-order valence-electron chi connectivity index (χ2n) is 5.50. The molecule has 0 saturated carbocycles. The van der Waals surface area contributed by atoms with E-state index < -0.39 is 12.1 Å². The molecule has 0 spiro atoms. The van der Waals surface area contributed by atoms with Gasteiger partial charge >= 0.3 is 0 Å². The number of hydrogen-bond acceptors (Lipinski definition) is 3. The van der Waals surface area contributed by atoms with Crippen molar-refractivity contribution in [3.8, 4) is 0 Å². The van der Waals surface area contributed by atoms with E-state index in [2.05, 4.69) is 5.32 Å². The molecule has 2 unspecified atom stereocenters. The summed E-state index contributed by atoms with van der Waals surface area (Å²) in [5.74, 6) is 0.136. The van der Waals surface area contributed by atoms with Crippen LogP contribution in [0.15, 0.2) is 0 Å². The van der Waals surface area contributed by atoms with Crippen LogP contribution in [0.2, 0.25) is 0 Å². The van der Waals surface area contributed by atoms with Crippen LogP contribution in [0.3, 0.4) is 0 Å². The van der Waals surface area contributed by atoms with Gasteiger partial charge in [0, 0.05) is 13.1 Å². The van der Waals surface area contributed by atoms with Crippen molar-refractivity contribution in [2.75, 3.05) is 13.1 Å². The van der Waals surface area contributed by atoms with Crippen LogP contribution in [0.1, 0.15) is 40.0 Å². The van der Waals surface area contributed by atoms with Crippen LogP contribution in [0.4, 0.5) is 0 Å². The molecule has 3 N–H and O–H groups in total. The van der Waals surface area contributed by atoms with Gasteiger partial charge < -0.3 is 16.0 Å². The van der Waals surface area contributed by atoms with Crippen molar-refractivity contribution in [3.05, 3.63) is 0 Å². The third-order valence-electron chi connectivity index (χ3n) is 3.21. The van der Waals surface area contributed by atoms with Gasteiger partial charge in [-0.1, -0.05) is 13.8 Å². The highest BCUT2D eigenvalue weighted by Crippen LogP contribution is 2.09. The van der Waals surface area contributed by atoms with Crippen LogP contribution in [-0.2, 0) is 9.59 Å². The highest BCUT2D eigenvalue weighted by molar-refractivity contribution is 5.89. The van der Waals surface area contributed by atoms with Gasteiger partial charge in [-0.25, -0.2) is 0 Å². The zero-order valence-electron chi connectivity index (χ0n) is 11.6. The number of amides is 2. The van der Waals surface area contributed by atoms with Gasteiger partial charge in [-0.3, -0.25) is 9.59 Å². The van der Waals surface area contributed by atoms with Crippen LogP contribution in [-0.4, -0.2) is 41.9 Å². The number of carbonyl (C=O) groups is 2. The van der Waals surface area contributed by atoms with Gasteiger partial charge in [-0.05, 0) is 32.1 Å². The standard InChI is InChI=1S/C13H25N3O2/c1-9(2)8-11(14)12(17)15-10(3)13(18)16-6-4-5-7-16/h9-11H,4-8,14H2,1-3H3,(H,15,17). The van der Waals surface area contributed by atoms with Crippen molar-refractivity contribution in [1.82, 2.24) is 10.2 Å². The fraction of sp³-hybridized carbons (Fsp3) is 0.846. The number of nitrogens with one attached hydrogen (secondary N) is 1. The number of nitrogens with zero attached hydrogens (tertiary/aromatic N) is 1. The summed E-state index contributed by atoms with van der Waals surface area (Å²) in [5, 5.41) is 2.71. The Labute approximate surface area is 109 Å². The first-order valence-corrected chi connectivity index (χ1v) is 6.76. The fourth-order valence-corrected chi connectivity index (χ4v) is 2.21. The Balaban J connectivity index is 2.40. The van der Waals surface area contributed by atoms with E-state index >= 15 is 0 Å². The van der Waals surface area contributed by atoms with Gasteiger partial charge in [0.1, 0.15) is 6.04 Å². The van der Waals surface area contributed by atoms with Crippen LogP contribution < -0.4 is 11.1 Å². The molecule has 2 atom stereocenters. The van der Waals surface area contributed by atoms with Gasteiger partial charge in [0.2, 0.25) is 11.8 Å². The highest BCUT2D eigenvalue weighted by atomic mass is 16.2. The molecule has 1 heterocycles. The summed E-state index contributed by atoms with van der Waals surface area (Å²) in [6, 6.07) is -1.01. The third-order valence-corrected chi connectivity index (χ3v) is 3.21. The summed E-state index contributed by atoms with van der Waals surface area (Å²) in [7, 11) is 0. The third kappa shape index (κ3) is 4.29. The summed E-state index contributed by atoms with van der Waals surface area (Å²) in [6.45, 7) is 7.37. The minimum Gasteiger partial charge on any atom is -0.343 e. The zero-order valence-corrected chi connectivity index (χ0v) is 11.6. The molecule has 2 amide bonds. The summed E-state index contributed by atoms with van der Waals surface area (Å²) in [4.78, 5) is 25.6. The lowest BCUT2D eigenvalue weighted by Crippen LogP contribution is -2.51. The van der Waals surface area contributed by atoms with E-state index in [1.54, 1.807) is 11.8 Å². The smallest absolute Gasteiger partial charge is 0.244 e. The Morgan fingerprint density at radius 1 is 1.22 bits per heavy atom. The van der Waals surface area contributed by atoms with Gasteiger partial charge in [0.25, 0.3) is 0 Å². The topological polar surface area (TPSA) is 75.4 Å². The number of likely N-dealkylation sites (tertiary alicyclic amines) is 1. The molecular weight excluding hydrogens is 230 g/mol. The van der Waals surface area contributed by atoms with E-state index in [1.165, 1.54) is 0 Å². The molecule has 1 fully saturated rings. The first kappa shape index (κ1) is 15.0. The minimum atomic E-state index is -0.529. The molecule has 0 radical (unpaired) electrons. The van der Waals surface area contributed by atoms with Crippen molar-refractivity contribution >= 4 is 11.8 Å². The molecule has 0 aromatic carbocycles. The highest BCUT2D eigenvalue weighted by Gasteiger charge is 2.25.